The molecule has 0 bridgehead atoms. The van der Waals surface area contributed by atoms with Crippen LogP contribution >= 0.6 is 12.3 Å². The highest BCUT2D eigenvalue weighted by Crippen LogP contribution is 2.24. The van der Waals surface area contributed by atoms with Gasteiger partial charge in [0.2, 0.25) is 21.7 Å². The third-order valence-corrected chi connectivity index (χ3v) is 14.2. The van der Waals surface area contributed by atoms with Gasteiger partial charge in [0.1, 0.15) is 10.7 Å². The third kappa shape index (κ3) is 15.4. The zero-order chi connectivity index (χ0) is 54.5. The molecule has 0 aromatic heterocycles. The van der Waals surface area contributed by atoms with Crippen molar-refractivity contribution in [3.05, 3.63) is 194 Å². The lowest BCUT2D eigenvalue weighted by Gasteiger charge is -2.11. The fraction of sp³-hybridized carbons (Fsp3) is 0.116. The Kier molecular flexibility index (Phi) is 18.5. The van der Waals surface area contributed by atoms with Crippen molar-refractivity contribution < 1.29 is 72.6 Å². The average Bonchev–Trinajstić information content (AvgIpc) is 3.36. The largest absolute Gasteiger partial charge is 0.478 e. The summed E-state index contributed by atoms with van der Waals surface area (Å²) < 4.78 is 92.9. The molecule has 6 rings (SSSR count). The van der Waals surface area contributed by atoms with E-state index in [1.807, 2.05) is 0 Å². The molecule has 8 N–H and O–H groups in total. The number of aromatic carboxylic acids is 2. The van der Waals surface area contributed by atoms with E-state index in [0.29, 0.717) is 11.1 Å². The van der Waals surface area contributed by atoms with E-state index in [9.17, 15) is 64.2 Å². The van der Waals surface area contributed by atoms with E-state index in [1.54, 1.807) is 0 Å². The van der Waals surface area contributed by atoms with Crippen molar-refractivity contribution in [2.45, 2.75) is 16.2 Å². The highest BCUT2D eigenvalue weighted by Gasteiger charge is 2.19. The lowest BCUT2D eigenvalue weighted by molar-refractivity contribution is -0.434. The molecule has 0 saturated heterocycles. The van der Waals surface area contributed by atoms with Crippen LogP contribution in [-0.2, 0) is 54.2 Å². The smallest absolute Gasteiger partial charge is 0.397 e. The first-order chi connectivity index (χ1) is 35.5. The maximum Gasteiger partial charge on any atom is 0.397 e. The van der Waals surface area contributed by atoms with Gasteiger partial charge in [0.05, 0.1) is 68.4 Å². The molecule has 0 atom stereocenters. The van der Waals surface area contributed by atoms with Gasteiger partial charge in [0.15, 0.2) is 42.7 Å². The number of hydrogen-bond donors (Lipinski definition) is 8. The molecular weight excluding hydrogens is 1080 g/mol. The molecule has 75 heavy (non-hydrogen) atoms. The summed E-state index contributed by atoms with van der Waals surface area (Å²) in [5.41, 5.74) is 6.51. The summed E-state index contributed by atoms with van der Waals surface area (Å²) in [4.78, 5) is 76.2. The van der Waals surface area contributed by atoms with Crippen molar-refractivity contribution in [3.63, 3.8) is 0 Å². The Labute approximate surface area is 424 Å². The van der Waals surface area contributed by atoms with Crippen LogP contribution in [0.25, 0.3) is 0 Å². The molecule has 28 nitrogen and oxygen atoms in total. The Morgan fingerprint density at radius 2 is 0.973 bits per heavy atom. The predicted molar refractivity (Wildman–Crippen MR) is 262 cm³/mol. The Bertz CT molecular complexity index is 3980. The first kappa shape index (κ1) is 56.1. The van der Waals surface area contributed by atoms with Crippen LogP contribution in [0.3, 0.4) is 0 Å². The average molecular weight is 1110 g/mol. The van der Waals surface area contributed by atoms with Gasteiger partial charge in [0, 0.05) is 0 Å². The molecule has 0 aliphatic heterocycles. The minimum Gasteiger partial charge on any atom is -0.478 e. The Morgan fingerprint density at radius 1 is 0.547 bits per heavy atom. The zero-order valence-electron chi connectivity index (χ0n) is 37.7. The molecule has 0 spiro atoms. The molecule has 0 saturated carbocycles. The molecule has 0 radical (unpaired) electrons. The van der Waals surface area contributed by atoms with Crippen molar-refractivity contribution in [2.24, 2.45) is 20.4 Å². The van der Waals surface area contributed by atoms with Crippen molar-refractivity contribution in [3.8, 4) is 0 Å². The Morgan fingerprint density at radius 3 is 1.37 bits per heavy atom. The number of rotatable bonds is 24. The van der Waals surface area contributed by atoms with Gasteiger partial charge in [-0.15, -0.1) is 4.33 Å². The van der Waals surface area contributed by atoms with Gasteiger partial charge in [-0.2, -0.15) is 28.8 Å². The highest BCUT2D eigenvalue weighted by atomic mass is 32.3. The molecule has 0 aliphatic rings. The molecule has 6 aromatic carbocycles. The van der Waals surface area contributed by atoms with E-state index >= 15 is 0 Å². The topological polar surface area (TPSA) is 420 Å². The van der Waals surface area contributed by atoms with Crippen LogP contribution < -0.4 is 64.8 Å². The Hall–Kier alpha value is -8.18. The number of hydrogen-bond acceptors (Lipinski definition) is 26. The Balaban J connectivity index is 1.14. The van der Waals surface area contributed by atoms with Gasteiger partial charge in [-0.1, -0.05) is 17.2 Å². The van der Waals surface area contributed by atoms with Crippen molar-refractivity contribution >= 4 is 77.1 Å². The van der Waals surface area contributed by atoms with Gasteiger partial charge in [-0.25, -0.2) is 35.9 Å². The number of carboxylic acids is 2. The van der Waals surface area contributed by atoms with E-state index in [2.05, 4.69) is 55.7 Å². The zero-order valence-corrected chi connectivity index (χ0v) is 40.9. The van der Waals surface area contributed by atoms with E-state index in [0.717, 1.165) is 36.4 Å². The first-order valence-corrected chi connectivity index (χ1v) is 26.0. The number of carboxylic acid groups (broad SMARTS) is 2. The molecule has 0 heterocycles. The highest BCUT2D eigenvalue weighted by molar-refractivity contribution is 7.92. The summed E-state index contributed by atoms with van der Waals surface area (Å²) in [6, 6.07) is 22.3. The van der Waals surface area contributed by atoms with Crippen LogP contribution in [0.15, 0.2) is 159 Å². The van der Waals surface area contributed by atoms with Gasteiger partial charge < -0.3 is 10.2 Å². The van der Waals surface area contributed by atoms with Gasteiger partial charge >= 0.3 is 22.3 Å². The van der Waals surface area contributed by atoms with Crippen molar-refractivity contribution in [2.75, 3.05) is 46.4 Å². The summed E-state index contributed by atoms with van der Waals surface area (Å²) >= 11 is 0.222. The van der Waals surface area contributed by atoms with Gasteiger partial charge in [0.25, 0.3) is 0 Å². The predicted octanol–water partition coefficient (Wildman–Crippen LogP) is -0.0552. The normalized spacial score (nSPS) is 12.9. The molecule has 392 valence electrons. The molecule has 0 aliphatic carbocycles. The quantitative estimate of drug-likeness (QED) is 0.0129. The van der Waals surface area contributed by atoms with E-state index in [1.165, 1.54) is 72.8 Å². The molecule has 6 aromatic rings. The molecule has 0 fully saturated rings. The number of carbonyl (C=O) groups is 2. The van der Waals surface area contributed by atoms with Gasteiger partial charge in [-0.3, -0.25) is 49.6 Å². The molecule has 0 unspecified atom stereocenters. The fourth-order valence-electron chi connectivity index (χ4n) is 6.31. The lowest BCUT2D eigenvalue weighted by Crippen LogP contribution is -2.48. The van der Waals surface area contributed by atoms with E-state index in [-0.39, 0.29) is 79.7 Å². The number of nitrogens with zero attached hydrogens (tertiary/aromatic N) is 4. The van der Waals surface area contributed by atoms with Crippen LogP contribution in [0.4, 0.5) is 22.7 Å². The summed E-state index contributed by atoms with van der Waals surface area (Å²) in [6.45, 7) is -1.14. The maximum atomic E-state index is 13.2. The summed E-state index contributed by atoms with van der Waals surface area (Å²) in [6.07, 6.45) is -0.0250. The number of anilines is 4. The molecule has 32 heteroatoms. The molecular formula is C43H36N8O20S4. The van der Waals surface area contributed by atoms with E-state index < -0.39 is 92.6 Å². The standard InChI is InChI=1S/C43H36N8O20S4/c52-36-15-13-34(48-44-26-3-7-28(8-4-26)73(61,62)19-17-68-72-71-70-60)40(54)38(36)50-46-32-11-1-24(22-30(32)42(56)57)21-25-2-12-33(31(23-25)43(58)59)47-51-39-37(53)16-14-35(41(39)55)49-45-27-5-9-29(10-6-27)74(63,64)20-18-69-75(65,66)67/h1-16,22-23,44-47,60H,17-21H2,(H,56,57)(H,58,59)(H,65,66,67). The molecule has 0 amide bonds. The summed E-state index contributed by atoms with van der Waals surface area (Å²) in [5.74, 6) is -4.10. The lowest BCUT2D eigenvalue weighted by atomic mass is 9.99. The second-order valence-corrected chi connectivity index (χ2v) is 20.7. The second kappa shape index (κ2) is 24.7. The van der Waals surface area contributed by atoms with Crippen molar-refractivity contribution in [1.82, 2.24) is 0 Å². The number of benzene rings is 6. The second-order valence-electron chi connectivity index (χ2n) is 14.9. The first-order valence-electron chi connectivity index (χ1n) is 20.7. The fourth-order valence-corrected chi connectivity index (χ4v) is 9.21. The summed E-state index contributed by atoms with van der Waals surface area (Å²) in [7, 11) is -12.7. The maximum absolute atomic E-state index is 13.2. The van der Waals surface area contributed by atoms with Crippen LogP contribution in [0.5, 0.6) is 0 Å². The van der Waals surface area contributed by atoms with Gasteiger partial charge in [-0.05, 0) is 115 Å². The van der Waals surface area contributed by atoms with Crippen LogP contribution in [0, 0.1) is 0 Å². The van der Waals surface area contributed by atoms with Crippen LogP contribution in [0.2, 0.25) is 0 Å². The van der Waals surface area contributed by atoms with E-state index in [4.69, 9.17) is 14.0 Å². The van der Waals surface area contributed by atoms with Crippen LogP contribution in [-0.4, -0.2) is 81.9 Å². The monoisotopic (exact) mass is 1110 g/mol. The number of sulfone groups is 2. The SMILES string of the molecule is O=C(O)c1cc(Cc2ccc(NN=c3c(=O)ccc(=NNc4ccc(S(=O)(=O)CCOS(=O)(=O)O)cc4)c3=O)c(C(=O)O)c2)ccc1NN=c1c(=O)ccc(=NNc2ccc(S(=O)(=O)CCOSOOO)cc2)c1=O. The summed E-state index contributed by atoms with van der Waals surface area (Å²) in [5, 5.41) is 45.2. The minimum atomic E-state index is -4.85. The van der Waals surface area contributed by atoms with Crippen molar-refractivity contribution in [1.29, 1.82) is 0 Å². The number of nitrogens with one attached hydrogen (secondary N) is 4. The minimum absolute atomic E-state index is 0.0250. The third-order valence-electron chi connectivity index (χ3n) is 9.92. The van der Waals surface area contributed by atoms with Crippen LogP contribution in [0.1, 0.15) is 31.8 Å².